The molecule has 0 aliphatic heterocycles. The summed E-state index contributed by atoms with van der Waals surface area (Å²) in [4.78, 5) is 6.55. The van der Waals surface area contributed by atoms with Gasteiger partial charge >= 0.3 is 0 Å². The van der Waals surface area contributed by atoms with E-state index in [4.69, 9.17) is 4.42 Å². The average molecular weight is 305 g/mol. The van der Waals surface area contributed by atoms with Crippen molar-refractivity contribution in [1.29, 1.82) is 0 Å². The number of hydrogen-bond acceptors (Lipinski definition) is 6. The van der Waals surface area contributed by atoms with Crippen LogP contribution in [0.25, 0.3) is 11.5 Å². The number of anilines is 1. The predicted octanol–water partition coefficient (Wildman–Crippen LogP) is 1.57. The van der Waals surface area contributed by atoms with E-state index in [2.05, 4.69) is 24.9 Å². The Kier molecular flexibility index (Phi) is 3.18. The van der Waals surface area contributed by atoms with Gasteiger partial charge < -0.3 is 9.40 Å². The monoisotopic (exact) mass is 305 g/mol. The highest BCUT2D eigenvalue weighted by Gasteiger charge is 2.17. The van der Waals surface area contributed by atoms with Gasteiger partial charge in [0.25, 0.3) is 10.0 Å². The van der Waals surface area contributed by atoms with Crippen LogP contribution in [0.4, 0.5) is 5.69 Å². The van der Waals surface area contributed by atoms with E-state index in [0.29, 0.717) is 23.0 Å². The molecule has 2 aromatic heterocycles. The van der Waals surface area contributed by atoms with E-state index >= 15 is 0 Å². The fourth-order valence-corrected chi connectivity index (χ4v) is 2.78. The zero-order valence-electron chi connectivity index (χ0n) is 10.9. The van der Waals surface area contributed by atoms with Gasteiger partial charge in [-0.15, -0.1) is 10.2 Å². The van der Waals surface area contributed by atoms with Crippen LogP contribution in [-0.2, 0) is 10.0 Å². The molecule has 9 heteroatoms. The Hall–Kier alpha value is -2.68. The van der Waals surface area contributed by atoms with Gasteiger partial charge in [-0.3, -0.25) is 4.72 Å². The number of nitrogens with zero attached hydrogens (tertiary/aromatic N) is 3. The molecule has 3 rings (SSSR count). The van der Waals surface area contributed by atoms with Gasteiger partial charge in [0.15, 0.2) is 5.03 Å². The Bertz CT molecular complexity index is 855. The summed E-state index contributed by atoms with van der Waals surface area (Å²) in [5.74, 6) is 0.836. The standard InChI is InChI=1S/C12H11N5O3S/c1-8-13-6-11(15-8)21(18,19)17-10-4-2-3-9(5-10)12-16-14-7-20-12/h2-7,17H,1H3,(H,13,15). The molecule has 0 unspecified atom stereocenters. The number of imidazole rings is 1. The summed E-state index contributed by atoms with van der Waals surface area (Å²) in [7, 11) is -3.71. The van der Waals surface area contributed by atoms with Gasteiger partial charge in [0.2, 0.25) is 12.3 Å². The van der Waals surface area contributed by atoms with E-state index in [9.17, 15) is 8.42 Å². The van der Waals surface area contributed by atoms with Gasteiger partial charge in [-0.05, 0) is 25.1 Å². The first-order valence-electron chi connectivity index (χ1n) is 5.96. The lowest BCUT2D eigenvalue weighted by Gasteiger charge is -2.06. The zero-order chi connectivity index (χ0) is 14.9. The molecule has 2 heterocycles. The summed E-state index contributed by atoms with van der Waals surface area (Å²) in [6.07, 6.45) is 2.47. The number of hydrogen-bond donors (Lipinski definition) is 2. The van der Waals surface area contributed by atoms with E-state index in [1.807, 2.05) is 0 Å². The molecule has 8 nitrogen and oxygen atoms in total. The smallest absolute Gasteiger partial charge is 0.278 e. The molecule has 0 bridgehead atoms. The topological polar surface area (TPSA) is 114 Å². The van der Waals surface area contributed by atoms with Crippen LogP contribution in [0.3, 0.4) is 0 Å². The van der Waals surface area contributed by atoms with E-state index in [1.54, 1.807) is 31.2 Å². The molecule has 3 aromatic rings. The molecule has 108 valence electrons. The minimum Gasteiger partial charge on any atom is -0.423 e. The summed E-state index contributed by atoms with van der Waals surface area (Å²) in [6.45, 7) is 1.68. The second-order valence-electron chi connectivity index (χ2n) is 4.26. The second-order valence-corrected chi connectivity index (χ2v) is 5.91. The van der Waals surface area contributed by atoms with Crippen LogP contribution in [0, 0.1) is 6.92 Å². The second kappa shape index (κ2) is 5.02. The quantitative estimate of drug-likeness (QED) is 0.756. The molecule has 0 amide bonds. The maximum Gasteiger partial charge on any atom is 0.278 e. The Morgan fingerprint density at radius 2 is 2.19 bits per heavy atom. The Balaban J connectivity index is 1.90. The first kappa shape index (κ1) is 13.3. The van der Waals surface area contributed by atoms with Crippen molar-refractivity contribution in [2.75, 3.05) is 4.72 Å². The van der Waals surface area contributed by atoms with Crippen molar-refractivity contribution in [3.8, 4) is 11.5 Å². The largest absolute Gasteiger partial charge is 0.423 e. The summed E-state index contributed by atoms with van der Waals surface area (Å²) >= 11 is 0. The van der Waals surface area contributed by atoms with Crippen LogP contribution >= 0.6 is 0 Å². The third-order valence-electron chi connectivity index (χ3n) is 2.69. The number of rotatable bonds is 4. The molecule has 0 saturated heterocycles. The minimum absolute atomic E-state index is 0.00296. The fourth-order valence-electron chi connectivity index (χ4n) is 1.76. The van der Waals surface area contributed by atoms with Crippen molar-refractivity contribution < 1.29 is 12.8 Å². The lowest BCUT2D eigenvalue weighted by molar-refractivity contribution is 0.568. The van der Waals surface area contributed by atoms with E-state index in [0.717, 1.165) is 0 Å². The van der Waals surface area contributed by atoms with E-state index < -0.39 is 10.0 Å². The molecule has 21 heavy (non-hydrogen) atoms. The van der Waals surface area contributed by atoms with Crippen molar-refractivity contribution in [2.24, 2.45) is 0 Å². The summed E-state index contributed by atoms with van der Waals surface area (Å²) in [6, 6.07) is 6.66. The first-order valence-corrected chi connectivity index (χ1v) is 7.44. The van der Waals surface area contributed by atoms with Gasteiger partial charge in [-0.2, -0.15) is 8.42 Å². The van der Waals surface area contributed by atoms with E-state index in [1.165, 1.54) is 12.6 Å². The van der Waals surface area contributed by atoms with Gasteiger partial charge in [0.1, 0.15) is 5.82 Å². The number of aryl methyl sites for hydroxylation is 1. The molecule has 0 aliphatic rings. The zero-order valence-corrected chi connectivity index (χ0v) is 11.8. The fraction of sp³-hybridized carbons (Fsp3) is 0.0833. The molecule has 0 saturated carbocycles. The highest BCUT2D eigenvalue weighted by atomic mass is 32.2. The first-order chi connectivity index (χ1) is 10.0. The van der Waals surface area contributed by atoms with Crippen molar-refractivity contribution in [3.05, 3.63) is 42.7 Å². The normalized spacial score (nSPS) is 11.5. The highest BCUT2D eigenvalue weighted by molar-refractivity contribution is 7.92. The molecule has 0 spiro atoms. The molecule has 0 atom stereocenters. The average Bonchev–Trinajstić information content (AvgIpc) is 3.09. The van der Waals surface area contributed by atoms with Crippen LogP contribution in [0.15, 0.2) is 46.3 Å². The van der Waals surface area contributed by atoms with Crippen LogP contribution in [-0.4, -0.2) is 28.6 Å². The predicted molar refractivity (Wildman–Crippen MR) is 73.9 cm³/mol. The summed E-state index contributed by atoms with van der Waals surface area (Å²) in [5, 5.41) is 7.36. The minimum atomic E-state index is -3.71. The Morgan fingerprint density at radius 1 is 1.33 bits per heavy atom. The number of benzene rings is 1. The van der Waals surface area contributed by atoms with Gasteiger partial charge in [0, 0.05) is 11.3 Å². The lowest BCUT2D eigenvalue weighted by atomic mass is 10.2. The maximum atomic E-state index is 12.2. The molecule has 0 radical (unpaired) electrons. The molecule has 1 aromatic carbocycles. The van der Waals surface area contributed by atoms with Crippen molar-refractivity contribution >= 4 is 15.7 Å². The third-order valence-corrected chi connectivity index (χ3v) is 3.98. The highest BCUT2D eigenvalue weighted by Crippen LogP contribution is 2.22. The number of H-pyrrole nitrogens is 1. The number of aromatic amines is 1. The molecular weight excluding hydrogens is 294 g/mol. The summed E-state index contributed by atoms with van der Waals surface area (Å²) in [5.41, 5.74) is 1.01. The van der Waals surface area contributed by atoms with Crippen LogP contribution in [0.5, 0.6) is 0 Å². The van der Waals surface area contributed by atoms with Crippen LogP contribution in [0.2, 0.25) is 0 Å². The molecular formula is C12H11N5O3S. The molecule has 2 N–H and O–H groups in total. The van der Waals surface area contributed by atoms with Gasteiger partial charge in [-0.1, -0.05) is 6.07 Å². The molecule has 0 fully saturated rings. The number of sulfonamides is 1. The molecule has 0 aliphatic carbocycles. The Morgan fingerprint density at radius 3 is 2.86 bits per heavy atom. The van der Waals surface area contributed by atoms with Crippen molar-refractivity contribution in [1.82, 2.24) is 20.2 Å². The Labute approximate surface area is 120 Å². The van der Waals surface area contributed by atoms with Crippen LogP contribution in [0.1, 0.15) is 5.82 Å². The van der Waals surface area contributed by atoms with Crippen molar-refractivity contribution in [2.45, 2.75) is 11.9 Å². The van der Waals surface area contributed by atoms with Gasteiger partial charge in [0.05, 0.1) is 6.20 Å². The maximum absolute atomic E-state index is 12.2. The lowest BCUT2D eigenvalue weighted by Crippen LogP contribution is -2.13. The van der Waals surface area contributed by atoms with Crippen LogP contribution < -0.4 is 4.72 Å². The summed E-state index contributed by atoms with van der Waals surface area (Å²) < 4.78 is 31.9. The van der Waals surface area contributed by atoms with Crippen molar-refractivity contribution in [3.63, 3.8) is 0 Å². The van der Waals surface area contributed by atoms with Gasteiger partial charge in [-0.25, -0.2) is 4.98 Å². The SMILES string of the molecule is Cc1ncc(S(=O)(=O)Nc2cccc(-c3nnco3)c2)[nH]1. The number of nitrogens with one attached hydrogen (secondary N) is 2. The third kappa shape index (κ3) is 2.77. The number of aromatic nitrogens is 4. The van der Waals surface area contributed by atoms with E-state index in [-0.39, 0.29) is 5.03 Å².